The molecule has 0 aromatic heterocycles. The molecule has 1 aromatic carbocycles. The highest BCUT2D eigenvalue weighted by Gasteiger charge is 2.33. The van der Waals surface area contributed by atoms with Crippen LogP contribution in [0.4, 0.5) is 0 Å². The number of carbonyl (C=O) groups excluding carboxylic acids is 1. The number of hydrogen-bond acceptors (Lipinski definition) is 1. The quantitative estimate of drug-likeness (QED) is 0.772. The molecule has 1 fully saturated rings. The molecule has 1 unspecified atom stereocenters. The zero-order valence-electron chi connectivity index (χ0n) is 10.6. The molecule has 0 aliphatic heterocycles. The molecule has 1 nitrogen and oxygen atoms in total. The van der Waals surface area contributed by atoms with Gasteiger partial charge in [0, 0.05) is 5.92 Å². The van der Waals surface area contributed by atoms with E-state index >= 15 is 0 Å². The van der Waals surface area contributed by atoms with Crippen LogP contribution < -0.4 is 0 Å². The molecular weight excluding hydrogens is 288 g/mol. The Balaban J connectivity index is 1.77. The van der Waals surface area contributed by atoms with Crippen LogP contribution in [0.3, 0.4) is 0 Å². The van der Waals surface area contributed by atoms with E-state index < -0.39 is 0 Å². The Hall–Kier alpha value is -0.630. The van der Waals surface area contributed by atoms with E-state index in [1.807, 2.05) is 0 Å². The van der Waals surface area contributed by atoms with Crippen LogP contribution in [0.2, 0.25) is 0 Å². The SMILES string of the molecule is O=C(C(Br)Cc1cccc2c1CCCC2)C1CC1. The van der Waals surface area contributed by atoms with E-state index in [4.69, 9.17) is 0 Å². The van der Waals surface area contributed by atoms with Crippen molar-refractivity contribution < 1.29 is 4.79 Å². The minimum Gasteiger partial charge on any atom is -0.298 e. The van der Waals surface area contributed by atoms with Gasteiger partial charge in [0.15, 0.2) is 0 Å². The molecule has 96 valence electrons. The molecular formula is C16H19BrO. The molecule has 3 rings (SSSR count). The molecule has 0 heterocycles. The summed E-state index contributed by atoms with van der Waals surface area (Å²) >= 11 is 3.60. The average molecular weight is 307 g/mol. The Morgan fingerprint density at radius 2 is 2.06 bits per heavy atom. The number of fused-ring (bicyclic) bond motifs is 1. The molecule has 0 saturated heterocycles. The standard InChI is InChI=1S/C16H19BrO/c17-15(16(18)12-8-9-12)10-13-6-3-5-11-4-1-2-7-14(11)13/h3,5-6,12,15H,1-2,4,7-10H2. The molecule has 18 heavy (non-hydrogen) atoms. The first kappa shape index (κ1) is 12.4. The van der Waals surface area contributed by atoms with E-state index in [1.165, 1.54) is 42.4 Å². The highest BCUT2D eigenvalue weighted by molar-refractivity contribution is 9.10. The Kier molecular flexibility index (Phi) is 3.56. The number of ketones is 1. The number of benzene rings is 1. The number of alkyl halides is 1. The largest absolute Gasteiger partial charge is 0.298 e. The van der Waals surface area contributed by atoms with Gasteiger partial charge < -0.3 is 0 Å². The number of Topliss-reactive ketones (excluding diaryl/α,β-unsaturated/α-hetero) is 1. The highest BCUT2D eigenvalue weighted by Crippen LogP contribution is 2.34. The van der Waals surface area contributed by atoms with Gasteiger partial charge in [-0.1, -0.05) is 34.1 Å². The fraction of sp³-hybridized carbons (Fsp3) is 0.562. The predicted octanol–water partition coefficient (Wildman–Crippen LogP) is 3.85. The second kappa shape index (κ2) is 5.16. The van der Waals surface area contributed by atoms with E-state index in [-0.39, 0.29) is 4.83 Å². The van der Waals surface area contributed by atoms with Crippen LogP contribution in [0, 0.1) is 5.92 Å². The van der Waals surface area contributed by atoms with Gasteiger partial charge in [0.2, 0.25) is 0 Å². The lowest BCUT2D eigenvalue weighted by atomic mass is 9.86. The van der Waals surface area contributed by atoms with Gasteiger partial charge in [0.05, 0.1) is 4.83 Å². The highest BCUT2D eigenvalue weighted by atomic mass is 79.9. The summed E-state index contributed by atoms with van der Waals surface area (Å²) in [5.41, 5.74) is 4.43. The van der Waals surface area contributed by atoms with E-state index in [0.717, 1.165) is 19.3 Å². The topological polar surface area (TPSA) is 17.1 Å². The monoisotopic (exact) mass is 306 g/mol. The smallest absolute Gasteiger partial charge is 0.149 e. The van der Waals surface area contributed by atoms with Gasteiger partial charge in [-0.2, -0.15) is 0 Å². The number of rotatable bonds is 4. The molecule has 1 atom stereocenters. The molecule has 2 aliphatic rings. The zero-order valence-corrected chi connectivity index (χ0v) is 12.2. The van der Waals surface area contributed by atoms with Crippen molar-refractivity contribution in [2.24, 2.45) is 5.92 Å². The van der Waals surface area contributed by atoms with Gasteiger partial charge in [-0.15, -0.1) is 0 Å². The maximum atomic E-state index is 12.0. The molecule has 1 saturated carbocycles. The Bertz CT molecular complexity index is 462. The van der Waals surface area contributed by atoms with E-state index in [2.05, 4.69) is 34.1 Å². The summed E-state index contributed by atoms with van der Waals surface area (Å²) in [4.78, 5) is 12.1. The number of aryl methyl sites for hydroxylation is 1. The van der Waals surface area contributed by atoms with Crippen molar-refractivity contribution >= 4 is 21.7 Å². The van der Waals surface area contributed by atoms with Crippen LogP contribution in [-0.2, 0) is 24.1 Å². The van der Waals surface area contributed by atoms with Gasteiger partial charge in [0.25, 0.3) is 0 Å². The third kappa shape index (κ3) is 2.54. The molecule has 2 heteroatoms. The minimum absolute atomic E-state index is 0.0263. The summed E-state index contributed by atoms with van der Waals surface area (Å²) in [6, 6.07) is 6.61. The lowest BCUT2D eigenvalue weighted by Gasteiger charge is -2.20. The Morgan fingerprint density at radius 3 is 2.83 bits per heavy atom. The van der Waals surface area contributed by atoms with Gasteiger partial charge >= 0.3 is 0 Å². The average Bonchev–Trinajstić information content (AvgIpc) is 3.22. The first-order valence-electron chi connectivity index (χ1n) is 7.03. The van der Waals surface area contributed by atoms with Crippen molar-refractivity contribution in [1.82, 2.24) is 0 Å². The first-order valence-corrected chi connectivity index (χ1v) is 7.94. The van der Waals surface area contributed by atoms with Crippen molar-refractivity contribution in [3.63, 3.8) is 0 Å². The van der Waals surface area contributed by atoms with Crippen molar-refractivity contribution in [2.75, 3.05) is 0 Å². The normalized spacial score (nSPS) is 20.3. The number of hydrogen-bond donors (Lipinski definition) is 0. The van der Waals surface area contributed by atoms with Crippen molar-refractivity contribution in [3.8, 4) is 0 Å². The van der Waals surface area contributed by atoms with Crippen LogP contribution in [0.1, 0.15) is 42.4 Å². The van der Waals surface area contributed by atoms with E-state index in [1.54, 1.807) is 0 Å². The van der Waals surface area contributed by atoms with Gasteiger partial charge in [0.1, 0.15) is 5.78 Å². The fourth-order valence-corrected chi connectivity index (χ4v) is 3.69. The first-order chi connectivity index (χ1) is 8.75. The lowest BCUT2D eigenvalue weighted by Crippen LogP contribution is -2.20. The molecule has 0 radical (unpaired) electrons. The van der Waals surface area contributed by atoms with Crippen molar-refractivity contribution in [2.45, 2.75) is 49.8 Å². The molecule has 1 aromatic rings. The van der Waals surface area contributed by atoms with Crippen LogP contribution in [0.15, 0.2) is 18.2 Å². The maximum Gasteiger partial charge on any atom is 0.149 e. The number of halogens is 1. The van der Waals surface area contributed by atoms with E-state index in [0.29, 0.717) is 11.7 Å². The lowest BCUT2D eigenvalue weighted by molar-refractivity contribution is -0.119. The molecule has 0 N–H and O–H groups in total. The summed E-state index contributed by atoms with van der Waals surface area (Å²) in [6.07, 6.45) is 8.11. The summed E-state index contributed by atoms with van der Waals surface area (Å²) in [7, 11) is 0. The summed E-state index contributed by atoms with van der Waals surface area (Å²) < 4.78 is 0. The Labute approximate surface area is 117 Å². The summed E-state index contributed by atoms with van der Waals surface area (Å²) in [6.45, 7) is 0. The van der Waals surface area contributed by atoms with Crippen LogP contribution >= 0.6 is 15.9 Å². The maximum absolute atomic E-state index is 12.0. The van der Waals surface area contributed by atoms with Crippen molar-refractivity contribution in [3.05, 3.63) is 34.9 Å². The second-order valence-electron chi connectivity index (χ2n) is 5.61. The molecule has 0 spiro atoms. The Morgan fingerprint density at radius 1 is 1.28 bits per heavy atom. The molecule has 2 aliphatic carbocycles. The second-order valence-corrected chi connectivity index (χ2v) is 6.72. The summed E-state index contributed by atoms with van der Waals surface area (Å²) in [5, 5.41) is 0. The van der Waals surface area contributed by atoms with Crippen LogP contribution in [0.25, 0.3) is 0 Å². The summed E-state index contributed by atoms with van der Waals surface area (Å²) in [5.74, 6) is 0.775. The minimum atomic E-state index is 0.0263. The predicted molar refractivity (Wildman–Crippen MR) is 77.2 cm³/mol. The van der Waals surface area contributed by atoms with Gasteiger partial charge in [-0.25, -0.2) is 0 Å². The zero-order chi connectivity index (χ0) is 12.5. The molecule has 0 amide bonds. The van der Waals surface area contributed by atoms with Gasteiger partial charge in [-0.05, 0) is 61.6 Å². The van der Waals surface area contributed by atoms with E-state index in [9.17, 15) is 4.79 Å². The third-order valence-corrected chi connectivity index (χ3v) is 4.96. The fourth-order valence-electron chi connectivity index (χ4n) is 2.97. The van der Waals surface area contributed by atoms with Crippen LogP contribution in [-0.4, -0.2) is 10.6 Å². The number of carbonyl (C=O) groups is 1. The van der Waals surface area contributed by atoms with Crippen molar-refractivity contribution in [1.29, 1.82) is 0 Å². The van der Waals surface area contributed by atoms with Crippen LogP contribution in [0.5, 0.6) is 0 Å². The molecule has 0 bridgehead atoms. The van der Waals surface area contributed by atoms with Gasteiger partial charge in [-0.3, -0.25) is 4.79 Å². The third-order valence-electron chi connectivity index (χ3n) is 4.18.